The molecule has 4 aromatic heterocycles. The Morgan fingerprint density at radius 3 is 2.51 bits per heavy atom. The van der Waals surface area contributed by atoms with Crippen LogP contribution in [0.3, 0.4) is 0 Å². The number of rotatable bonds is 4. The van der Waals surface area contributed by atoms with Gasteiger partial charge in [0.15, 0.2) is 16.3 Å². The van der Waals surface area contributed by atoms with E-state index in [2.05, 4.69) is 24.4 Å². The third-order valence-electron chi connectivity index (χ3n) is 5.94. The molecule has 9 nitrogen and oxygen atoms in total. The Morgan fingerprint density at radius 1 is 1.22 bits per heavy atom. The average molecular weight is 595 g/mol. The number of carbonyl (C=O) groups is 1. The fourth-order valence-electron chi connectivity index (χ4n) is 3.94. The van der Waals surface area contributed by atoms with Crippen molar-refractivity contribution in [1.82, 2.24) is 29.1 Å². The van der Waals surface area contributed by atoms with Gasteiger partial charge in [0, 0.05) is 36.8 Å². The SMILES string of the molecule is CCS(=O)(=NC(=O)C(Cl)(Cl)Cl)c1nn2c(C3CC3)ccnc2c1-c1nc2cc(C(F)(F)F)cnc2n1C. The van der Waals surface area contributed by atoms with Gasteiger partial charge in [0.1, 0.15) is 21.1 Å². The molecule has 1 aliphatic carbocycles. The summed E-state index contributed by atoms with van der Waals surface area (Å²) in [5, 5.41) is 4.40. The normalized spacial score (nSPS) is 16.3. The number of fused-ring (bicyclic) bond motifs is 2. The highest BCUT2D eigenvalue weighted by atomic mass is 35.6. The molecule has 1 saturated carbocycles. The number of aromatic nitrogens is 6. The van der Waals surface area contributed by atoms with Crippen LogP contribution < -0.4 is 0 Å². The Morgan fingerprint density at radius 2 is 1.92 bits per heavy atom. The quantitative estimate of drug-likeness (QED) is 0.296. The molecule has 16 heteroatoms. The molecule has 0 bridgehead atoms. The first-order valence-electron chi connectivity index (χ1n) is 10.9. The smallest absolute Gasteiger partial charge is 0.312 e. The summed E-state index contributed by atoms with van der Waals surface area (Å²) in [6.45, 7) is 1.52. The summed E-state index contributed by atoms with van der Waals surface area (Å²) < 4.78 is 58.3. The van der Waals surface area contributed by atoms with E-state index in [1.807, 2.05) is 0 Å². The fraction of sp³-hybridized carbons (Fsp3) is 0.381. The number of aryl methyl sites for hydroxylation is 1. The monoisotopic (exact) mass is 593 g/mol. The van der Waals surface area contributed by atoms with Gasteiger partial charge in [-0.25, -0.2) is 23.7 Å². The Kier molecular flexibility index (Phi) is 6.21. The van der Waals surface area contributed by atoms with Crippen molar-refractivity contribution in [1.29, 1.82) is 0 Å². The van der Waals surface area contributed by atoms with Crippen LogP contribution in [0.1, 0.15) is 36.9 Å². The predicted octanol–water partition coefficient (Wildman–Crippen LogP) is 5.32. The molecule has 0 saturated heterocycles. The molecule has 4 heterocycles. The molecule has 1 fully saturated rings. The molecule has 1 amide bonds. The van der Waals surface area contributed by atoms with Gasteiger partial charge >= 0.3 is 12.1 Å². The van der Waals surface area contributed by atoms with E-state index in [1.165, 1.54) is 16.0 Å². The first kappa shape index (κ1) is 26.1. The minimum atomic E-state index is -4.62. The minimum Gasteiger partial charge on any atom is -0.312 e. The molecule has 0 aromatic carbocycles. The molecule has 0 aliphatic heterocycles. The highest BCUT2D eigenvalue weighted by Crippen LogP contribution is 2.42. The standard InChI is InChI=1S/C21H17Cl3F3N7O2S/c1-3-37(36,32-19(35)20(22,23)24)18-14(16-28-7-6-13(10-4-5-10)34(16)31-18)17-30-12-8-11(21(25,26)27)9-29-15(12)33(17)2/h6-10H,3-5H2,1-2H3. The lowest BCUT2D eigenvalue weighted by molar-refractivity contribution is -0.137. The summed E-state index contributed by atoms with van der Waals surface area (Å²) in [6, 6.07) is 2.64. The number of nitrogens with zero attached hydrogens (tertiary/aromatic N) is 7. The Hall–Kier alpha value is -2.48. The molecule has 1 aliphatic rings. The van der Waals surface area contributed by atoms with Gasteiger partial charge in [0.25, 0.3) is 3.79 Å². The second kappa shape index (κ2) is 8.79. The van der Waals surface area contributed by atoms with E-state index in [1.54, 1.807) is 19.3 Å². The van der Waals surface area contributed by atoms with Gasteiger partial charge in [0.05, 0.1) is 11.1 Å². The number of carbonyl (C=O) groups excluding carboxylic acids is 1. The molecule has 5 rings (SSSR count). The van der Waals surface area contributed by atoms with E-state index < -0.39 is 31.2 Å². The fourth-order valence-corrected chi connectivity index (χ4v) is 5.82. The highest BCUT2D eigenvalue weighted by molar-refractivity contribution is 7.94. The Bertz CT molecular complexity index is 1700. The predicted molar refractivity (Wildman–Crippen MR) is 132 cm³/mol. The van der Waals surface area contributed by atoms with Crippen LogP contribution in [-0.2, 0) is 27.7 Å². The molecular formula is C21H17Cl3F3N7O2S. The van der Waals surface area contributed by atoms with Crippen LogP contribution in [0.25, 0.3) is 28.2 Å². The van der Waals surface area contributed by atoms with E-state index in [4.69, 9.17) is 34.8 Å². The van der Waals surface area contributed by atoms with Crippen molar-refractivity contribution in [2.75, 3.05) is 5.75 Å². The van der Waals surface area contributed by atoms with Crippen LogP contribution in [0.5, 0.6) is 0 Å². The summed E-state index contributed by atoms with van der Waals surface area (Å²) in [5.74, 6) is -1.15. The van der Waals surface area contributed by atoms with Gasteiger partial charge in [-0.15, -0.1) is 0 Å². The van der Waals surface area contributed by atoms with Crippen molar-refractivity contribution in [3.63, 3.8) is 0 Å². The molecule has 0 N–H and O–H groups in total. The molecule has 0 spiro atoms. The molecule has 4 aromatic rings. The Balaban J connectivity index is 1.85. The van der Waals surface area contributed by atoms with Crippen molar-refractivity contribution in [3.8, 4) is 11.4 Å². The summed E-state index contributed by atoms with van der Waals surface area (Å²) in [4.78, 5) is 25.2. The van der Waals surface area contributed by atoms with Gasteiger partial charge in [-0.2, -0.15) is 22.6 Å². The van der Waals surface area contributed by atoms with Gasteiger partial charge in [-0.1, -0.05) is 41.7 Å². The molecular weight excluding hydrogens is 578 g/mol. The van der Waals surface area contributed by atoms with Crippen molar-refractivity contribution in [2.24, 2.45) is 11.4 Å². The second-order valence-electron chi connectivity index (χ2n) is 8.44. The largest absolute Gasteiger partial charge is 0.417 e. The van der Waals surface area contributed by atoms with Crippen LogP contribution in [-0.4, -0.2) is 48.8 Å². The van der Waals surface area contributed by atoms with Crippen LogP contribution in [0.4, 0.5) is 13.2 Å². The molecule has 1 atom stereocenters. The van der Waals surface area contributed by atoms with E-state index >= 15 is 0 Å². The molecule has 1 unspecified atom stereocenters. The number of halogens is 6. The zero-order valence-electron chi connectivity index (χ0n) is 19.1. The topological polar surface area (TPSA) is 107 Å². The molecule has 37 heavy (non-hydrogen) atoms. The zero-order chi connectivity index (χ0) is 26.9. The average Bonchev–Trinajstić information content (AvgIpc) is 3.52. The molecule has 196 valence electrons. The zero-order valence-corrected chi connectivity index (χ0v) is 22.2. The van der Waals surface area contributed by atoms with Crippen molar-refractivity contribution >= 4 is 67.3 Å². The minimum absolute atomic E-state index is 0.0479. The third-order valence-corrected chi connectivity index (χ3v) is 8.56. The number of hydrogen-bond donors (Lipinski definition) is 0. The lowest BCUT2D eigenvalue weighted by atomic mass is 10.2. The lowest BCUT2D eigenvalue weighted by Gasteiger charge is -2.10. The maximum atomic E-state index is 14.1. The first-order valence-corrected chi connectivity index (χ1v) is 13.7. The first-order chi connectivity index (χ1) is 17.2. The number of imidazole rings is 1. The van der Waals surface area contributed by atoms with Crippen molar-refractivity contribution in [3.05, 3.63) is 35.8 Å². The summed E-state index contributed by atoms with van der Waals surface area (Å²) in [6.07, 6.45) is -0.531. The lowest BCUT2D eigenvalue weighted by Crippen LogP contribution is -2.20. The van der Waals surface area contributed by atoms with Crippen LogP contribution >= 0.6 is 34.8 Å². The van der Waals surface area contributed by atoms with E-state index in [0.29, 0.717) is 6.20 Å². The Labute approximate surface area is 223 Å². The number of pyridine rings is 1. The van der Waals surface area contributed by atoms with Gasteiger partial charge in [-0.05, 0) is 25.0 Å². The number of hydrogen-bond acceptors (Lipinski definition) is 6. The van der Waals surface area contributed by atoms with E-state index in [-0.39, 0.29) is 44.9 Å². The van der Waals surface area contributed by atoms with Gasteiger partial charge < -0.3 is 4.57 Å². The third kappa shape index (κ3) is 4.55. The van der Waals surface area contributed by atoms with Crippen LogP contribution in [0.2, 0.25) is 0 Å². The van der Waals surface area contributed by atoms with Crippen LogP contribution in [0.15, 0.2) is 33.9 Å². The van der Waals surface area contributed by atoms with Gasteiger partial charge in [0.2, 0.25) is 0 Å². The summed E-state index contributed by atoms with van der Waals surface area (Å²) in [7, 11) is -2.10. The number of alkyl halides is 6. The van der Waals surface area contributed by atoms with Crippen LogP contribution in [0, 0.1) is 0 Å². The van der Waals surface area contributed by atoms with Crippen molar-refractivity contribution < 1.29 is 22.2 Å². The highest BCUT2D eigenvalue weighted by Gasteiger charge is 2.37. The van der Waals surface area contributed by atoms with Gasteiger partial charge in [-0.3, -0.25) is 4.79 Å². The second-order valence-corrected chi connectivity index (χ2v) is 13.2. The molecule has 0 radical (unpaired) electrons. The summed E-state index contributed by atoms with van der Waals surface area (Å²) in [5.41, 5.74) is 0.284. The summed E-state index contributed by atoms with van der Waals surface area (Å²) >= 11 is 17.0. The van der Waals surface area contributed by atoms with Crippen molar-refractivity contribution in [2.45, 2.75) is 40.7 Å². The maximum Gasteiger partial charge on any atom is 0.417 e. The maximum absolute atomic E-state index is 14.1. The van der Waals surface area contributed by atoms with E-state index in [0.717, 1.165) is 24.6 Å². The number of amides is 1. The van der Waals surface area contributed by atoms with E-state index in [9.17, 15) is 22.2 Å².